The Bertz CT molecular complexity index is 1160. The van der Waals surface area contributed by atoms with E-state index in [1.807, 2.05) is 24.3 Å². The SMILES string of the molecule is COc1ccc(CNC(=O)C2CCN(C(=O)c3cc4c(=O)[nH]c(C)cn4n3)CC2)cc1. The van der Waals surface area contributed by atoms with E-state index in [0.717, 1.165) is 11.3 Å². The smallest absolute Gasteiger partial charge is 0.274 e. The molecule has 1 aliphatic heterocycles. The first kappa shape index (κ1) is 20.6. The van der Waals surface area contributed by atoms with Crippen molar-refractivity contribution in [3.8, 4) is 5.75 Å². The van der Waals surface area contributed by atoms with Gasteiger partial charge in [0.15, 0.2) is 5.69 Å². The summed E-state index contributed by atoms with van der Waals surface area (Å²) in [5.74, 6) is 0.418. The molecule has 3 heterocycles. The van der Waals surface area contributed by atoms with Crippen LogP contribution >= 0.6 is 0 Å². The van der Waals surface area contributed by atoms with Crippen LogP contribution in [0.4, 0.5) is 0 Å². The minimum absolute atomic E-state index is 0.00217. The van der Waals surface area contributed by atoms with E-state index in [4.69, 9.17) is 4.74 Å². The second kappa shape index (κ2) is 8.63. The molecule has 0 aliphatic carbocycles. The first-order chi connectivity index (χ1) is 14.9. The van der Waals surface area contributed by atoms with Gasteiger partial charge >= 0.3 is 0 Å². The van der Waals surface area contributed by atoms with E-state index in [1.54, 1.807) is 25.1 Å². The van der Waals surface area contributed by atoms with Crippen molar-refractivity contribution >= 4 is 17.3 Å². The van der Waals surface area contributed by atoms with Gasteiger partial charge < -0.3 is 19.9 Å². The molecule has 162 valence electrons. The first-order valence-electron chi connectivity index (χ1n) is 10.2. The van der Waals surface area contributed by atoms with Gasteiger partial charge in [-0.3, -0.25) is 14.4 Å². The Hall–Kier alpha value is -3.62. The van der Waals surface area contributed by atoms with Crippen LogP contribution in [0, 0.1) is 12.8 Å². The Kier molecular flexibility index (Phi) is 5.75. The topological polar surface area (TPSA) is 109 Å². The molecular formula is C22H25N5O4. The molecular weight excluding hydrogens is 398 g/mol. The molecule has 9 nitrogen and oxygen atoms in total. The maximum absolute atomic E-state index is 12.8. The zero-order valence-corrected chi connectivity index (χ0v) is 17.6. The van der Waals surface area contributed by atoms with Gasteiger partial charge in [0.2, 0.25) is 5.91 Å². The molecule has 4 rings (SSSR count). The van der Waals surface area contributed by atoms with Crippen LogP contribution in [-0.4, -0.2) is 51.5 Å². The molecule has 0 atom stereocenters. The van der Waals surface area contributed by atoms with E-state index in [9.17, 15) is 14.4 Å². The van der Waals surface area contributed by atoms with E-state index in [-0.39, 0.29) is 29.0 Å². The minimum atomic E-state index is -0.279. The zero-order valence-electron chi connectivity index (χ0n) is 17.6. The molecule has 2 aromatic heterocycles. The number of hydrogen-bond donors (Lipinski definition) is 2. The number of hydrogen-bond acceptors (Lipinski definition) is 5. The summed E-state index contributed by atoms with van der Waals surface area (Å²) < 4.78 is 6.57. The van der Waals surface area contributed by atoms with Gasteiger partial charge in [0, 0.05) is 43.5 Å². The van der Waals surface area contributed by atoms with Gasteiger partial charge in [-0.1, -0.05) is 12.1 Å². The van der Waals surface area contributed by atoms with Crippen LogP contribution < -0.4 is 15.6 Å². The molecule has 1 fully saturated rings. The number of nitrogens with zero attached hydrogens (tertiary/aromatic N) is 3. The summed E-state index contributed by atoms with van der Waals surface area (Å²) in [5.41, 5.74) is 1.96. The number of methoxy groups -OCH3 is 1. The number of nitrogens with one attached hydrogen (secondary N) is 2. The maximum atomic E-state index is 12.8. The molecule has 1 saturated heterocycles. The Morgan fingerprint density at radius 2 is 1.94 bits per heavy atom. The molecule has 31 heavy (non-hydrogen) atoms. The summed E-state index contributed by atoms with van der Waals surface area (Å²) in [6.07, 6.45) is 2.85. The molecule has 0 bridgehead atoms. The molecule has 0 spiro atoms. The van der Waals surface area contributed by atoms with Crippen LogP contribution in [0.1, 0.15) is 34.6 Å². The minimum Gasteiger partial charge on any atom is -0.497 e. The van der Waals surface area contributed by atoms with Gasteiger partial charge in [-0.15, -0.1) is 0 Å². The molecule has 1 aliphatic rings. The summed E-state index contributed by atoms with van der Waals surface area (Å²) in [4.78, 5) is 41.8. The van der Waals surface area contributed by atoms with Gasteiger partial charge in [0.25, 0.3) is 11.5 Å². The third-order valence-electron chi connectivity index (χ3n) is 5.59. The average molecular weight is 423 g/mol. The van der Waals surface area contributed by atoms with Crippen LogP contribution in [0.2, 0.25) is 0 Å². The van der Waals surface area contributed by atoms with Crippen molar-refractivity contribution in [3.63, 3.8) is 0 Å². The van der Waals surface area contributed by atoms with E-state index in [2.05, 4.69) is 15.4 Å². The van der Waals surface area contributed by atoms with Crippen molar-refractivity contribution in [3.05, 3.63) is 63.8 Å². The van der Waals surface area contributed by atoms with Crippen molar-refractivity contribution in [2.45, 2.75) is 26.3 Å². The highest BCUT2D eigenvalue weighted by Crippen LogP contribution is 2.20. The Morgan fingerprint density at radius 1 is 1.23 bits per heavy atom. The standard InChI is InChI=1S/C22H25N5O4/c1-14-13-27-19(21(29)24-14)11-18(25-27)22(30)26-9-7-16(8-10-26)20(28)23-12-15-3-5-17(31-2)6-4-15/h3-6,11,13,16H,7-10,12H2,1-2H3,(H,23,28)(H,24,29). The predicted octanol–water partition coefficient (Wildman–Crippen LogP) is 1.51. The predicted molar refractivity (Wildman–Crippen MR) is 114 cm³/mol. The van der Waals surface area contributed by atoms with Crippen LogP contribution in [-0.2, 0) is 11.3 Å². The quantitative estimate of drug-likeness (QED) is 0.647. The number of benzene rings is 1. The number of amides is 2. The second-order valence-electron chi connectivity index (χ2n) is 7.76. The van der Waals surface area contributed by atoms with Gasteiger partial charge in [-0.05, 0) is 37.5 Å². The molecule has 0 radical (unpaired) electrons. The van der Waals surface area contributed by atoms with E-state index < -0.39 is 0 Å². The third kappa shape index (κ3) is 4.45. The van der Waals surface area contributed by atoms with Crippen molar-refractivity contribution in [1.82, 2.24) is 24.8 Å². The van der Waals surface area contributed by atoms with Gasteiger partial charge in [-0.25, -0.2) is 4.52 Å². The number of aromatic nitrogens is 3. The molecule has 3 aromatic rings. The second-order valence-corrected chi connectivity index (χ2v) is 7.76. The summed E-state index contributed by atoms with van der Waals surface area (Å²) in [6, 6.07) is 9.07. The lowest BCUT2D eigenvalue weighted by molar-refractivity contribution is -0.126. The van der Waals surface area contributed by atoms with Gasteiger partial charge in [0.05, 0.1) is 7.11 Å². The molecule has 2 amide bonds. The Morgan fingerprint density at radius 3 is 2.61 bits per heavy atom. The van der Waals surface area contributed by atoms with Crippen LogP contribution in [0.5, 0.6) is 5.75 Å². The number of H-pyrrole nitrogens is 1. The number of carbonyl (C=O) groups excluding carboxylic acids is 2. The first-order valence-corrected chi connectivity index (χ1v) is 10.2. The lowest BCUT2D eigenvalue weighted by Gasteiger charge is -2.30. The van der Waals surface area contributed by atoms with E-state index in [0.29, 0.717) is 43.7 Å². The van der Waals surface area contributed by atoms with Crippen LogP contribution in [0.15, 0.2) is 41.3 Å². The van der Waals surface area contributed by atoms with Crippen molar-refractivity contribution in [2.24, 2.45) is 5.92 Å². The largest absolute Gasteiger partial charge is 0.497 e. The molecule has 2 N–H and O–H groups in total. The van der Waals surface area contributed by atoms with E-state index in [1.165, 1.54) is 10.6 Å². The lowest BCUT2D eigenvalue weighted by Crippen LogP contribution is -2.43. The summed E-state index contributed by atoms with van der Waals surface area (Å²) >= 11 is 0. The third-order valence-corrected chi connectivity index (χ3v) is 5.59. The lowest BCUT2D eigenvalue weighted by atomic mass is 9.95. The maximum Gasteiger partial charge on any atom is 0.274 e. The van der Waals surface area contributed by atoms with Crippen LogP contribution in [0.25, 0.3) is 5.52 Å². The fourth-order valence-corrected chi connectivity index (χ4v) is 3.81. The van der Waals surface area contributed by atoms with Gasteiger partial charge in [-0.2, -0.15) is 5.10 Å². The zero-order chi connectivity index (χ0) is 22.0. The Labute approximate surface area is 179 Å². The van der Waals surface area contributed by atoms with Crippen molar-refractivity contribution in [2.75, 3.05) is 20.2 Å². The number of aromatic amines is 1. The molecule has 1 aromatic carbocycles. The van der Waals surface area contributed by atoms with E-state index >= 15 is 0 Å². The average Bonchev–Trinajstić information content (AvgIpc) is 3.22. The highest BCUT2D eigenvalue weighted by molar-refractivity contribution is 5.93. The van der Waals surface area contributed by atoms with Gasteiger partial charge in [0.1, 0.15) is 11.3 Å². The fourth-order valence-electron chi connectivity index (χ4n) is 3.81. The number of aryl methyl sites for hydroxylation is 1. The van der Waals surface area contributed by atoms with Crippen LogP contribution in [0.3, 0.4) is 0 Å². The summed E-state index contributed by atoms with van der Waals surface area (Å²) in [6.45, 7) is 3.16. The Balaban J connectivity index is 1.32. The number of likely N-dealkylation sites (tertiary alicyclic amines) is 1. The number of piperidine rings is 1. The number of rotatable bonds is 5. The number of fused-ring (bicyclic) bond motifs is 1. The normalized spacial score (nSPS) is 14.6. The van der Waals surface area contributed by atoms with Crippen molar-refractivity contribution in [1.29, 1.82) is 0 Å². The fraction of sp³-hybridized carbons (Fsp3) is 0.364. The molecule has 9 heteroatoms. The summed E-state index contributed by atoms with van der Waals surface area (Å²) in [5, 5.41) is 7.23. The summed E-state index contributed by atoms with van der Waals surface area (Å²) in [7, 11) is 1.61. The van der Waals surface area contributed by atoms with Crippen molar-refractivity contribution < 1.29 is 14.3 Å². The highest BCUT2D eigenvalue weighted by Gasteiger charge is 2.29. The molecule has 0 unspecified atom stereocenters. The monoisotopic (exact) mass is 423 g/mol. The number of carbonyl (C=O) groups is 2. The highest BCUT2D eigenvalue weighted by atomic mass is 16.5. The number of ether oxygens (including phenoxy) is 1. The molecule has 0 saturated carbocycles.